The molecular formula is C8H8ClO2. The third kappa shape index (κ3) is 2.78. The maximum atomic E-state index is 8.43. The van der Waals surface area contributed by atoms with Crippen molar-refractivity contribution in [1.29, 1.82) is 0 Å². The molecule has 1 radical (unpaired) electrons. The van der Waals surface area contributed by atoms with E-state index in [2.05, 4.69) is 6.07 Å². The Bertz CT molecular complexity index is 225. The highest BCUT2D eigenvalue weighted by molar-refractivity contribution is 6.30. The van der Waals surface area contributed by atoms with Crippen LogP contribution in [-0.4, -0.2) is 18.3 Å². The van der Waals surface area contributed by atoms with E-state index in [0.717, 1.165) is 0 Å². The van der Waals surface area contributed by atoms with E-state index >= 15 is 0 Å². The molecule has 0 fully saturated rings. The van der Waals surface area contributed by atoms with Crippen LogP contribution in [0, 0.1) is 6.07 Å². The molecule has 1 N–H and O–H groups in total. The summed E-state index contributed by atoms with van der Waals surface area (Å²) in [6.07, 6.45) is 0. The van der Waals surface area contributed by atoms with Gasteiger partial charge in [0, 0.05) is 6.07 Å². The molecule has 0 bridgehead atoms. The molecule has 2 nitrogen and oxygen atoms in total. The summed E-state index contributed by atoms with van der Waals surface area (Å²) in [5, 5.41) is 8.95. The molecule has 1 aromatic carbocycles. The number of aliphatic hydroxyl groups excluding tert-OH is 1. The van der Waals surface area contributed by atoms with Crippen LogP contribution in [0.1, 0.15) is 0 Å². The summed E-state index contributed by atoms with van der Waals surface area (Å²) in [5.41, 5.74) is 0. The Kier molecular flexibility index (Phi) is 3.20. The van der Waals surface area contributed by atoms with Crippen molar-refractivity contribution < 1.29 is 9.84 Å². The summed E-state index contributed by atoms with van der Waals surface area (Å²) in [5.74, 6) is 0.655. The van der Waals surface area contributed by atoms with Gasteiger partial charge in [0.05, 0.1) is 11.6 Å². The minimum Gasteiger partial charge on any atom is -0.491 e. The number of rotatable bonds is 3. The molecule has 11 heavy (non-hydrogen) atoms. The van der Waals surface area contributed by atoms with E-state index in [0.29, 0.717) is 17.4 Å². The van der Waals surface area contributed by atoms with E-state index in [9.17, 15) is 0 Å². The maximum absolute atomic E-state index is 8.43. The predicted molar refractivity (Wildman–Crippen MR) is 42.9 cm³/mol. The van der Waals surface area contributed by atoms with Gasteiger partial charge >= 0.3 is 0 Å². The molecule has 1 aromatic rings. The van der Waals surface area contributed by atoms with E-state index in [-0.39, 0.29) is 6.61 Å². The standard InChI is InChI=1S/C8H8ClO2/c9-7-2-1-3-8(6-7)11-5-4-10/h1,3,6,10H,4-5H2. The highest BCUT2D eigenvalue weighted by atomic mass is 35.5. The largest absolute Gasteiger partial charge is 0.491 e. The maximum Gasteiger partial charge on any atom is 0.120 e. The average Bonchev–Trinajstić information content (AvgIpc) is 2.01. The van der Waals surface area contributed by atoms with Crippen LogP contribution in [0.25, 0.3) is 0 Å². The van der Waals surface area contributed by atoms with E-state index in [4.69, 9.17) is 21.4 Å². The molecule has 0 heterocycles. The van der Waals surface area contributed by atoms with Crippen LogP contribution >= 0.6 is 11.6 Å². The van der Waals surface area contributed by atoms with Gasteiger partial charge < -0.3 is 9.84 Å². The fourth-order valence-corrected chi connectivity index (χ4v) is 0.842. The molecule has 0 amide bonds. The average molecular weight is 172 g/mol. The summed E-state index contributed by atoms with van der Waals surface area (Å²) in [6.45, 7) is 0.302. The van der Waals surface area contributed by atoms with Crippen LogP contribution in [0.4, 0.5) is 0 Å². The van der Waals surface area contributed by atoms with E-state index in [1.165, 1.54) is 0 Å². The topological polar surface area (TPSA) is 29.5 Å². The molecule has 0 aliphatic heterocycles. The fraction of sp³-hybridized carbons (Fsp3) is 0.250. The Morgan fingerprint density at radius 2 is 2.45 bits per heavy atom. The van der Waals surface area contributed by atoms with Gasteiger partial charge in [0.15, 0.2) is 0 Å². The van der Waals surface area contributed by atoms with E-state index in [1.807, 2.05) is 0 Å². The van der Waals surface area contributed by atoms with Crippen LogP contribution in [-0.2, 0) is 0 Å². The Hall–Kier alpha value is -0.730. The van der Waals surface area contributed by atoms with Crippen LogP contribution in [0.3, 0.4) is 0 Å². The minimum atomic E-state index is 0.0101. The van der Waals surface area contributed by atoms with E-state index in [1.54, 1.807) is 18.2 Å². The van der Waals surface area contributed by atoms with Crippen molar-refractivity contribution >= 4 is 11.6 Å². The molecule has 59 valence electrons. The van der Waals surface area contributed by atoms with Crippen molar-refractivity contribution in [3.05, 3.63) is 29.3 Å². The Balaban J connectivity index is 2.56. The van der Waals surface area contributed by atoms with Gasteiger partial charge in [-0.25, -0.2) is 0 Å². The highest BCUT2D eigenvalue weighted by Crippen LogP contribution is 2.15. The molecule has 0 aromatic heterocycles. The van der Waals surface area contributed by atoms with Gasteiger partial charge in [0.25, 0.3) is 0 Å². The molecule has 0 aliphatic carbocycles. The lowest BCUT2D eigenvalue weighted by Crippen LogP contribution is -2.01. The summed E-state index contributed by atoms with van der Waals surface area (Å²) < 4.78 is 5.08. The molecule has 0 atom stereocenters. The second-order valence-corrected chi connectivity index (χ2v) is 2.35. The summed E-state index contributed by atoms with van der Waals surface area (Å²) in [4.78, 5) is 0. The van der Waals surface area contributed by atoms with Crippen molar-refractivity contribution in [1.82, 2.24) is 0 Å². The van der Waals surface area contributed by atoms with Gasteiger partial charge in [0.1, 0.15) is 12.4 Å². The zero-order valence-electron chi connectivity index (χ0n) is 5.88. The second-order valence-electron chi connectivity index (χ2n) is 1.94. The third-order valence-corrected chi connectivity index (χ3v) is 1.32. The highest BCUT2D eigenvalue weighted by Gasteiger charge is 1.92. The number of hydrogen-bond donors (Lipinski definition) is 1. The quantitative estimate of drug-likeness (QED) is 0.747. The fourth-order valence-electron chi connectivity index (χ4n) is 0.671. The zero-order valence-corrected chi connectivity index (χ0v) is 6.64. The molecule has 0 aliphatic rings. The normalized spacial score (nSPS) is 9.64. The van der Waals surface area contributed by atoms with Crippen molar-refractivity contribution in [2.45, 2.75) is 0 Å². The molecule has 0 spiro atoms. The van der Waals surface area contributed by atoms with Crippen LogP contribution in [0.5, 0.6) is 5.75 Å². The first-order valence-electron chi connectivity index (χ1n) is 3.24. The monoisotopic (exact) mass is 171 g/mol. The third-order valence-electron chi connectivity index (χ3n) is 1.10. The van der Waals surface area contributed by atoms with Crippen molar-refractivity contribution in [2.75, 3.05) is 13.2 Å². The molecule has 1 rings (SSSR count). The predicted octanol–water partition coefficient (Wildman–Crippen LogP) is 1.51. The SMILES string of the molecule is OCCOc1cc[c]c(Cl)c1. The van der Waals surface area contributed by atoms with Gasteiger partial charge in [-0.05, 0) is 18.2 Å². The smallest absolute Gasteiger partial charge is 0.120 e. The number of halogens is 1. The van der Waals surface area contributed by atoms with Gasteiger partial charge in [-0.15, -0.1) is 0 Å². The molecule has 0 unspecified atom stereocenters. The van der Waals surface area contributed by atoms with Gasteiger partial charge in [-0.1, -0.05) is 11.6 Å². The van der Waals surface area contributed by atoms with Crippen LogP contribution < -0.4 is 4.74 Å². The lowest BCUT2D eigenvalue weighted by Gasteiger charge is -2.02. The number of hydrogen-bond acceptors (Lipinski definition) is 2. The molecule has 0 saturated heterocycles. The Labute approximate surface area is 70.4 Å². The molecular weight excluding hydrogens is 164 g/mol. The summed E-state index contributed by atoms with van der Waals surface area (Å²) in [7, 11) is 0. The van der Waals surface area contributed by atoms with E-state index < -0.39 is 0 Å². The summed E-state index contributed by atoms with van der Waals surface area (Å²) >= 11 is 5.63. The molecule has 0 saturated carbocycles. The second kappa shape index (κ2) is 4.21. The first kappa shape index (κ1) is 8.37. The molecule has 3 heteroatoms. The van der Waals surface area contributed by atoms with Crippen LogP contribution in [0.15, 0.2) is 18.2 Å². The first-order valence-corrected chi connectivity index (χ1v) is 3.61. The lowest BCUT2D eigenvalue weighted by atomic mass is 10.3. The number of aliphatic hydroxyl groups is 1. The van der Waals surface area contributed by atoms with Crippen molar-refractivity contribution in [3.63, 3.8) is 0 Å². The van der Waals surface area contributed by atoms with Gasteiger partial charge in [-0.2, -0.15) is 0 Å². The Morgan fingerprint density at radius 1 is 1.64 bits per heavy atom. The van der Waals surface area contributed by atoms with Gasteiger partial charge in [-0.3, -0.25) is 0 Å². The zero-order chi connectivity index (χ0) is 8.10. The lowest BCUT2D eigenvalue weighted by molar-refractivity contribution is 0.201. The minimum absolute atomic E-state index is 0.0101. The Morgan fingerprint density at radius 3 is 3.09 bits per heavy atom. The van der Waals surface area contributed by atoms with Gasteiger partial charge in [0.2, 0.25) is 0 Å². The summed E-state index contributed by atoms with van der Waals surface area (Å²) in [6, 6.07) is 7.83. The number of ether oxygens (including phenoxy) is 1. The van der Waals surface area contributed by atoms with Crippen molar-refractivity contribution in [3.8, 4) is 5.75 Å². The van der Waals surface area contributed by atoms with Crippen LogP contribution in [0.2, 0.25) is 5.02 Å². The van der Waals surface area contributed by atoms with Crippen molar-refractivity contribution in [2.24, 2.45) is 0 Å². The number of benzene rings is 1. The first-order chi connectivity index (χ1) is 5.33.